The Labute approximate surface area is 147 Å². The third kappa shape index (κ3) is 5.70. The van der Waals surface area contributed by atoms with Gasteiger partial charge in [0.2, 0.25) is 11.8 Å². The number of amides is 2. The van der Waals surface area contributed by atoms with Gasteiger partial charge in [0.1, 0.15) is 0 Å². The quantitative estimate of drug-likeness (QED) is 0.836. The zero-order valence-electron chi connectivity index (χ0n) is 13.7. The number of anilines is 1. The molecule has 0 unspecified atom stereocenters. The Morgan fingerprint density at radius 3 is 2.33 bits per heavy atom. The molecule has 2 rings (SSSR count). The molecule has 0 heterocycles. The fraction of sp³-hybridized carbons (Fsp3) is 0.263. The van der Waals surface area contributed by atoms with E-state index in [-0.39, 0.29) is 18.2 Å². The van der Waals surface area contributed by atoms with E-state index >= 15 is 0 Å². The minimum Gasteiger partial charge on any atom is -0.356 e. The average molecular weight is 345 g/mol. The van der Waals surface area contributed by atoms with E-state index in [4.69, 9.17) is 11.6 Å². The van der Waals surface area contributed by atoms with Crippen molar-refractivity contribution in [1.29, 1.82) is 0 Å². The number of hydrogen-bond acceptors (Lipinski definition) is 2. The first kappa shape index (κ1) is 18.0. The Morgan fingerprint density at radius 2 is 1.71 bits per heavy atom. The largest absolute Gasteiger partial charge is 0.356 e. The fourth-order valence-corrected chi connectivity index (χ4v) is 2.51. The topological polar surface area (TPSA) is 49.4 Å². The van der Waals surface area contributed by atoms with Crippen molar-refractivity contribution in [3.63, 3.8) is 0 Å². The second-order valence-electron chi connectivity index (χ2n) is 5.48. The first-order valence-corrected chi connectivity index (χ1v) is 8.28. The van der Waals surface area contributed by atoms with E-state index in [2.05, 4.69) is 5.32 Å². The Morgan fingerprint density at radius 1 is 1.04 bits per heavy atom. The molecular weight excluding hydrogens is 324 g/mol. The van der Waals surface area contributed by atoms with Crippen LogP contribution in [0.2, 0.25) is 5.02 Å². The Kier molecular flexibility index (Phi) is 6.82. The number of halogens is 1. The highest BCUT2D eigenvalue weighted by Gasteiger charge is 2.13. The van der Waals surface area contributed by atoms with E-state index in [0.29, 0.717) is 18.1 Å². The molecule has 126 valence electrons. The molecule has 5 heteroatoms. The number of benzene rings is 2. The van der Waals surface area contributed by atoms with Gasteiger partial charge in [0.05, 0.1) is 0 Å². The van der Waals surface area contributed by atoms with Crippen LogP contribution in [0.5, 0.6) is 0 Å². The first-order chi connectivity index (χ1) is 11.6. The van der Waals surface area contributed by atoms with Gasteiger partial charge in [-0.2, -0.15) is 0 Å². The monoisotopic (exact) mass is 344 g/mol. The normalized spacial score (nSPS) is 10.2. The highest BCUT2D eigenvalue weighted by Crippen LogP contribution is 2.18. The molecule has 0 aliphatic rings. The Bertz CT molecular complexity index is 672. The molecular formula is C19H21ClN2O2. The summed E-state index contributed by atoms with van der Waals surface area (Å²) < 4.78 is 0. The van der Waals surface area contributed by atoms with Crippen molar-refractivity contribution in [2.45, 2.75) is 19.8 Å². The summed E-state index contributed by atoms with van der Waals surface area (Å²) in [6, 6.07) is 17.0. The summed E-state index contributed by atoms with van der Waals surface area (Å²) in [4.78, 5) is 25.4. The molecule has 0 aliphatic carbocycles. The van der Waals surface area contributed by atoms with Crippen LogP contribution in [0.3, 0.4) is 0 Å². The van der Waals surface area contributed by atoms with E-state index in [9.17, 15) is 9.59 Å². The summed E-state index contributed by atoms with van der Waals surface area (Å²) in [7, 11) is 0. The highest BCUT2D eigenvalue weighted by molar-refractivity contribution is 6.30. The van der Waals surface area contributed by atoms with Gasteiger partial charge in [-0.05, 0) is 36.2 Å². The second kappa shape index (κ2) is 9.08. The molecule has 2 aromatic rings. The van der Waals surface area contributed by atoms with Gasteiger partial charge in [0, 0.05) is 37.1 Å². The molecule has 0 fully saturated rings. The summed E-state index contributed by atoms with van der Waals surface area (Å²) in [5.74, 6) is -0.166. The van der Waals surface area contributed by atoms with Gasteiger partial charge in [-0.15, -0.1) is 0 Å². The van der Waals surface area contributed by atoms with Crippen LogP contribution < -0.4 is 10.2 Å². The van der Waals surface area contributed by atoms with Gasteiger partial charge in [0.25, 0.3) is 0 Å². The van der Waals surface area contributed by atoms with Crippen molar-refractivity contribution in [3.8, 4) is 0 Å². The lowest BCUT2D eigenvalue weighted by Gasteiger charge is -2.21. The summed E-state index contributed by atoms with van der Waals surface area (Å²) in [6.45, 7) is 2.42. The minimum absolute atomic E-state index is 0.0638. The predicted octanol–water partition coefficient (Wildman–Crippen LogP) is 3.44. The van der Waals surface area contributed by atoms with Gasteiger partial charge in [-0.25, -0.2) is 0 Å². The molecule has 0 saturated heterocycles. The summed E-state index contributed by atoms with van der Waals surface area (Å²) in [5.41, 5.74) is 1.92. The smallest absolute Gasteiger partial charge is 0.223 e. The van der Waals surface area contributed by atoms with Crippen LogP contribution in [0.25, 0.3) is 0 Å². The van der Waals surface area contributed by atoms with Crippen LogP contribution in [-0.4, -0.2) is 24.9 Å². The number of carbonyl (C=O) groups is 2. The molecule has 24 heavy (non-hydrogen) atoms. The molecule has 0 saturated carbocycles. The number of rotatable bonds is 7. The minimum atomic E-state index is -0.102. The van der Waals surface area contributed by atoms with Crippen molar-refractivity contribution in [1.82, 2.24) is 5.32 Å². The molecule has 0 spiro atoms. The maximum absolute atomic E-state index is 12.0. The van der Waals surface area contributed by atoms with E-state index < -0.39 is 0 Å². The summed E-state index contributed by atoms with van der Waals surface area (Å²) >= 11 is 5.86. The van der Waals surface area contributed by atoms with Crippen LogP contribution in [0.4, 0.5) is 5.69 Å². The number of carbonyl (C=O) groups excluding carboxylic acids is 2. The van der Waals surface area contributed by atoms with Crippen LogP contribution >= 0.6 is 11.6 Å². The molecule has 0 aromatic heterocycles. The highest BCUT2D eigenvalue weighted by atomic mass is 35.5. The SMILES string of the molecule is CC(=O)N(CCC(=O)NCCc1ccccc1)c1ccc(Cl)cc1. The zero-order chi connectivity index (χ0) is 17.4. The van der Waals surface area contributed by atoms with Crippen molar-refractivity contribution in [3.05, 3.63) is 65.2 Å². The van der Waals surface area contributed by atoms with Crippen LogP contribution in [0.1, 0.15) is 18.9 Å². The Balaban J connectivity index is 1.80. The van der Waals surface area contributed by atoms with Crippen LogP contribution in [0, 0.1) is 0 Å². The molecule has 0 atom stereocenters. The maximum atomic E-state index is 12.0. The average Bonchev–Trinajstić information content (AvgIpc) is 2.57. The lowest BCUT2D eigenvalue weighted by Crippen LogP contribution is -2.34. The van der Waals surface area contributed by atoms with Crippen molar-refractivity contribution in [2.24, 2.45) is 0 Å². The number of nitrogens with one attached hydrogen (secondary N) is 1. The van der Waals surface area contributed by atoms with Gasteiger partial charge in [-0.1, -0.05) is 41.9 Å². The number of hydrogen-bond donors (Lipinski definition) is 1. The van der Waals surface area contributed by atoms with E-state index in [0.717, 1.165) is 12.1 Å². The Hall–Kier alpha value is -2.33. The van der Waals surface area contributed by atoms with Crippen molar-refractivity contribution < 1.29 is 9.59 Å². The zero-order valence-corrected chi connectivity index (χ0v) is 14.4. The number of nitrogens with zero attached hydrogens (tertiary/aromatic N) is 1. The molecule has 0 aliphatic heterocycles. The molecule has 0 radical (unpaired) electrons. The second-order valence-corrected chi connectivity index (χ2v) is 5.92. The van der Waals surface area contributed by atoms with Crippen molar-refractivity contribution in [2.75, 3.05) is 18.0 Å². The van der Waals surface area contributed by atoms with Gasteiger partial charge in [-0.3, -0.25) is 9.59 Å². The van der Waals surface area contributed by atoms with E-state index in [1.807, 2.05) is 30.3 Å². The standard InChI is InChI=1S/C19H21ClN2O2/c1-15(23)22(18-9-7-17(20)8-10-18)14-12-19(24)21-13-11-16-5-3-2-4-6-16/h2-10H,11-14H2,1H3,(H,21,24). The van der Waals surface area contributed by atoms with Gasteiger partial charge >= 0.3 is 0 Å². The third-order valence-corrected chi connectivity index (χ3v) is 3.91. The summed E-state index contributed by atoms with van der Waals surface area (Å²) in [5, 5.41) is 3.50. The van der Waals surface area contributed by atoms with E-state index in [1.54, 1.807) is 29.2 Å². The molecule has 2 amide bonds. The molecule has 1 N–H and O–H groups in total. The van der Waals surface area contributed by atoms with Gasteiger partial charge < -0.3 is 10.2 Å². The lowest BCUT2D eigenvalue weighted by atomic mass is 10.1. The van der Waals surface area contributed by atoms with Gasteiger partial charge in [0.15, 0.2) is 0 Å². The molecule has 4 nitrogen and oxygen atoms in total. The first-order valence-electron chi connectivity index (χ1n) is 7.90. The predicted molar refractivity (Wildman–Crippen MR) is 97.3 cm³/mol. The van der Waals surface area contributed by atoms with Crippen molar-refractivity contribution >= 4 is 29.1 Å². The van der Waals surface area contributed by atoms with E-state index in [1.165, 1.54) is 12.5 Å². The van der Waals surface area contributed by atoms with Crippen LogP contribution in [0.15, 0.2) is 54.6 Å². The lowest BCUT2D eigenvalue weighted by molar-refractivity contribution is -0.121. The molecule has 2 aromatic carbocycles. The molecule has 0 bridgehead atoms. The third-order valence-electron chi connectivity index (χ3n) is 3.66. The summed E-state index contributed by atoms with van der Waals surface area (Å²) in [6.07, 6.45) is 1.05. The van der Waals surface area contributed by atoms with Crippen LogP contribution in [-0.2, 0) is 16.0 Å². The fourth-order valence-electron chi connectivity index (χ4n) is 2.38. The maximum Gasteiger partial charge on any atom is 0.223 e.